The quantitative estimate of drug-likeness (QED) is 0.176. The van der Waals surface area contributed by atoms with E-state index >= 15 is 0 Å². The Bertz CT molecular complexity index is 3840. The molecule has 12 rings (SSSR count). The van der Waals surface area contributed by atoms with Crippen molar-refractivity contribution < 1.29 is 17.1 Å². The highest BCUT2D eigenvalue weighted by Gasteiger charge is 2.21. The van der Waals surface area contributed by atoms with E-state index < -0.39 is 0 Å². The Kier molecular flexibility index (Phi) is 5.64. The summed E-state index contributed by atoms with van der Waals surface area (Å²) < 4.78 is 68.7. The van der Waals surface area contributed by atoms with Gasteiger partial charge in [-0.25, -0.2) is 15.0 Å². The monoisotopic (exact) mass is 736 g/mol. The van der Waals surface area contributed by atoms with Crippen molar-refractivity contribution in [3.63, 3.8) is 0 Å². The summed E-state index contributed by atoms with van der Waals surface area (Å²) in [6.07, 6.45) is 0. The van der Waals surface area contributed by atoms with Crippen molar-refractivity contribution in [2.24, 2.45) is 0 Å². The zero-order chi connectivity index (χ0) is 42.7. The Morgan fingerprint density at radius 3 is 1.82 bits per heavy atom. The number of fused-ring (bicyclic) bond motifs is 9. The van der Waals surface area contributed by atoms with Crippen molar-refractivity contribution in [3.8, 4) is 51.0 Å². The van der Waals surface area contributed by atoms with Gasteiger partial charge in [0.05, 0.1) is 24.9 Å². The van der Waals surface area contributed by atoms with E-state index in [9.17, 15) is 1.37 Å². The Hall–Kier alpha value is -7.83. The summed E-state index contributed by atoms with van der Waals surface area (Å²) in [5, 5.41) is 4.21. The Labute approximate surface area is 334 Å². The molecule has 0 saturated carbocycles. The Morgan fingerprint density at radius 2 is 1.04 bits per heavy atom. The van der Waals surface area contributed by atoms with Crippen LogP contribution in [0.4, 0.5) is 0 Å². The largest absolute Gasteiger partial charge is 0.456 e. The van der Waals surface area contributed by atoms with Crippen molar-refractivity contribution in [2.45, 2.75) is 0 Å². The second kappa shape index (κ2) is 12.3. The lowest BCUT2D eigenvalue weighted by Crippen LogP contribution is -2.02. The third-order valence-electron chi connectivity index (χ3n) is 10.6. The second-order valence-corrected chi connectivity index (χ2v) is 13.9. The molecule has 0 aliphatic heterocycles. The van der Waals surface area contributed by atoms with Crippen LogP contribution in [-0.2, 0) is 0 Å². The molecule has 4 heterocycles. The van der Waals surface area contributed by atoms with E-state index in [-0.39, 0.29) is 63.8 Å². The Balaban J connectivity index is 1.17. The van der Waals surface area contributed by atoms with Crippen LogP contribution in [0.3, 0.4) is 0 Å². The molecule has 0 aliphatic carbocycles. The third kappa shape index (κ3) is 4.94. The summed E-state index contributed by atoms with van der Waals surface area (Å²) in [6, 6.07) is 45.1. The second-order valence-electron chi connectivity index (χ2n) is 13.9. The van der Waals surface area contributed by atoms with Crippen molar-refractivity contribution >= 4 is 65.7 Å². The van der Waals surface area contributed by atoms with Gasteiger partial charge in [-0.2, -0.15) is 0 Å². The standard InChI is InChI=1S/C51H30N4O2/c1-2-13-31(14-3-1)49-52-50(54-51(53-49)33-25-27-38-36-17-6-10-23-45(36)56-47(38)30-33)32-26-28-44(55-42-21-8-4-15-34(42)35-16-5-9-22-43(35)55)41(29-32)40-20-12-19-39-37-18-7-11-24-46(37)57-48(39)40/h1-30H/i7D,12D,18D,19D,20D,24D. The fraction of sp³-hybridized carbons (Fsp3) is 0. The molecule has 0 unspecified atom stereocenters. The van der Waals surface area contributed by atoms with Crippen LogP contribution in [0.1, 0.15) is 8.22 Å². The molecule has 0 radical (unpaired) electrons. The minimum Gasteiger partial charge on any atom is -0.456 e. The first-order chi connectivity index (χ1) is 30.7. The lowest BCUT2D eigenvalue weighted by Gasteiger charge is -2.16. The van der Waals surface area contributed by atoms with Crippen LogP contribution in [0.15, 0.2) is 191 Å². The average Bonchev–Trinajstić information content (AvgIpc) is 4.01. The number of benzene rings is 8. The molecule has 0 N–H and O–H groups in total. The molecule has 266 valence electrons. The molecule has 0 bridgehead atoms. The topological polar surface area (TPSA) is 69.9 Å². The van der Waals surface area contributed by atoms with Gasteiger partial charge in [0.2, 0.25) is 0 Å². The van der Waals surface area contributed by atoms with Crippen LogP contribution < -0.4 is 0 Å². The molecular weight excluding hydrogens is 701 g/mol. The zero-order valence-electron chi connectivity index (χ0n) is 36.0. The lowest BCUT2D eigenvalue weighted by atomic mass is 9.98. The zero-order valence-corrected chi connectivity index (χ0v) is 30.0. The molecule has 4 aromatic heterocycles. The minimum absolute atomic E-state index is 0.0105. The van der Waals surface area contributed by atoms with Crippen LogP contribution in [0, 0.1) is 0 Å². The molecule has 6 nitrogen and oxygen atoms in total. The maximum absolute atomic E-state index is 9.54. The predicted molar refractivity (Wildman–Crippen MR) is 230 cm³/mol. The fourth-order valence-electron chi connectivity index (χ4n) is 8.03. The summed E-state index contributed by atoms with van der Waals surface area (Å²) in [5.41, 5.74) is 6.74. The minimum atomic E-state index is -0.380. The molecule has 8 aromatic carbocycles. The van der Waals surface area contributed by atoms with Gasteiger partial charge in [-0.15, -0.1) is 0 Å². The van der Waals surface area contributed by atoms with Gasteiger partial charge >= 0.3 is 0 Å². The SMILES string of the molecule is [2H]c1cc([2H])c2oc3c(-c4cc(-c5nc(-c6ccccc6)nc(-c6ccc7c(c6)oc6ccccc67)n5)ccc4-n4c5ccccc5c5ccccc54)c([2H])c([2H])c([2H])c3c2c1[2H]. The molecule has 57 heavy (non-hydrogen) atoms. The summed E-state index contributed by atoms with van der Waals surface area (Å²) in [4.78, 5) is 15.1. The highest BCUT2D eigenvalue weighted by Crippen LogP contribution is 2.42. The van der Waals surface area contributed by atoms with Gasteiger partial charge in [0.25, 0.3) is 0 Å². The van der Waals surface area contributed by atoms with E-state index in [1.807, 2.05) is 127 Å². The van der Waals surface area contributed by atoms with Gasteiger partial charge in [-0.1, -0.05) is 127 Å². The van der Waals surface area contributed by atoms with Gasteiger partial charge in [0.1, 0.15) is 22.3 Å². The molecule has 0 amide bonds. The van der Waals surface area contributed by atoms with E-state index in [1.54, 1.807) is 0 Å². The summed E-state index contributed by atoms with van der Waals surface area (Å²) >= 11 is 0. The number of hydrogen-bond donors (Lipinski definition) is 0. The number of rotatable bonds is 5. The first-order valence-corrected chi connectivity index (χ1v) is 18.5. The van der Waals surface area contributed by atoms with Crippen molar-refractivity contribution in [1.29, 1.82) is 0 Å². The number of furan rings is 2. The van der Waals surface area contributed by atoms with Crippen molar-refractivity contribution in [1.82, 2.24) is 19.5 Å². The summed E-state index contributed by atoms with van der Waals surface area (Å²) in [5.74, 6) is 1.20. The number of nitrogens with zero attached hydrogens (tertiary/aromatic N) is 4. The van der Waals surface area contributed by atoms with Gasteiger partial charge in [0, 0.05) is 60.1 Å². The molecule has 0 aliphatic rings. The van der Waals surface area contributed by atoms with E-state index in [1.165, 1.54) is 6.07 Å². The molecule has 0 atom stereocenters. The number of hydrogen-bond acceptors (Lipinski definition) is 5. The maximum atomic E-state index is 9.54. The van der Waals surface area contributed by atoms with E-state index in [0.29, 0.717) is 39.9 Å². The van der Waals surface area contributed by atoms with Crippen LogP contribution in [0.2, 0.25) is 0 Å². The maximum Gasteiger partial charge on any atom is 0.164 e. The molecule has 0 fully saturated rings. The van der Waals surface area contributed by atoms with Gasteiger partial charge in [-0.05, 0) is 54.6 Å². The first kappa shape index (κ1) is 26.1. The van der Waals surface area contributed by atoms with Crippen molar-refractivity contribution in [2.75, 3.05) is 0 Å². The molecule has 0 spiro atoms. The van der Waals surface area contributed by atoms with E-state index in [4.69, 9.17) is 30.6 Å². The fourth-order valence-corrected chi connectivity index (χ4v) is 8.03. The summed E-state index contributed by atoms with van der Waals surface area (Å²) in [7, 11) is 0. The molecule has 6 heteroatoms. The van der Waals surface area contributed by atoms with Crippen molar-refractivity contribution in [3.05, 3.63) is 182 Å². The van der Waals surface area contributed by atoms with E-state index in [0.717, 1.165) is 49.3 Å². The van der Waals surface area contributed by atoms with Crippen LogP contribution >= 0.6 is 0 Å². The highest BCUT2D eigenvalue weighted by molar-refractivity contribution is 6.12. The lowest BCUT2D eigenvalue weighted by molar-refractivity contribution is 0.669. The Morgan fingerprint density at radius 1 is 0.404 bits per heavy atom. The van der Waals surface area contributed by atoms with Crippen LogP contribution in [-0.4, -0.2) is 19.5 Å². The molecular formula is C51H30N4O2. The predicted octanol–water partition coefficient (Wildman–Crippen LogP) is 13.4. The third-order valence-corrected chi connectivity index (χ3v) is 10.6. The number of aromatic nitrogens is 4. The van der Waals surface area contributed by atoms with Gasteiger partial charge in [0.15, 0.2) is 17.5 Å². The van der Waals surface area contributed by atoms with Gasteiger partial charge < -0.3 is 13.4 Å². The van der Waals surface area contributed by atoms with Crippen LogP contribution in [0.5, 0.6) is 0 Å². The summed E-state index contributed by atoms with van der Waals surface area (Å²) in [6.45, 7) is 0. The first-order valence-electron chi connectivity index (χ1n) is 21.5. The molecule has 0 saturated heterocycles. The van der Waals surface area contributed by atoms with E-state index in [2.05, 4.69) is 16.7 Å². The van der Waals surface area contributed by atoms with Gasteiger partial charge in [-0.3, -0.25) is 0 Å². The normalized spacial score (nSPS) is 13.3. The average molecular weight is 737 g/mol. The van der Waals surface area contributed by atoms with Crippen LogP contribution in [0.25, 0.3) is 117 Å². The highest BCUT2D eigenvalue weighted by atomic mass is 16.3. The number of para-hydroxylation sites is 5. The smallest absolute Gasteiger partial charge is 0.164 e. The molecule has 12 aromatic rings.